The van der Waals surface area contributed by atoms with Gasteiger partial charge in [-0.25, -0.2) is 0 Å². The lowest BCUT2D eigenvalue weighted by atomic mass is 10.1. The smallest absolute Gasteiger partial charge is 0.323 e. The molecule has 0 bridgehead atoms. The van der Waals surface area contributed by atoms with Crippen LogP contribution in [0.2, 0.25) is 0 Å². The van der Waals surface area contributed by atoms with Crippen LogP contribution < -0.4 is 14.5 Å². The Labute approximate surface area is 154 Å². The van der Waals surface area contributed by atoms with Crippen LogP contribution >= 0.6 is 0 Å². The summed E-state index contributed by atoms with van der Waals surface area (Å²) in [4.78, 5) is 46.5. The fraction of sp³-hybridized carbons (Fsp3) is 0.375. The topological polar surface area (TPSA) is 165 Å². The average molecular weight is 384 g/mol. The van der Waals surface area contributed by atoms with Gasteiger partial charge in [0, 0.05) is 0 Å². The third-order valence-corrected chi connectivity index (χ3v) is 3.38. The molecular formula is C16H20N2O9. The van der Waals surface area contributed by atoms with Gasteiger partial charge in [0.1, 0.15) is 26.2 Å². The molecule has 4 N–H and O–H groups in total. The summed E-state index contributed by atoms with van der Waals surface area (Å²) in [5.74, 6) is -5.15. The molecule has 0 aromatic heterocycles. The van der Waals surface area contributed by atoms with E-state index in [1.807, 2.05) is 0 Å². The number of hydrogen-bond acceptors (Lipinski definition) is 7. The second kappa shape index (κ2) is 9.27. The van der Waals surface area contributed by atoms with E-state index in [0.717, 1.165) is 9.80 Å². The van der Waals surface area contributed by atoms with E-state index in [1.54, 1.807) is 6.92 Å². The summed E-state index contributed by atoms with van der Waals surface area (Å²) in [5.41, 5.74) is 0.721. The van der Waals surface area contributed by atoms with Gasteiger partial charge >= 0.3 is 23.9 Å². The molecule has 1 aromatic carbocycles. The summed E-state index contributed by atoms with van der Waals surface area (Å²) in [6, 6.07) is 2.96. The van der Waals surface area contributed by atoms with Crippen LogP contribution in [0.15, 0.2) is 12.1 Å². The maximum Gasteiger partial charge on any atom is 0.323 e. The number of nitrogens with zero attached hydrogens (tertiary/aromatic N) is 2. The quantitative estimate of drug-likeness (QED) is 0.404. The van der Waals surface area contributed by atoms with Crippen LogP contribution in [0, 0.1) is 6.92 Å². The van der Waals surface area contributed by atoms with Crippen LogP contribution in [0.5, 0.6) is 5.75 Å². The number of aliphatic carboxylic acids is 4. The van der Waals surface area contributed by atoms with Crippen molar-refractivity contribution in [1.29, 1.82) is 0 Å². The molecule has 0 spiro atoms. The fourth-order valence-corrected chi connectivity index (χ4v) is 2.52. The molecule has 0 saturated heterocycles. The number of anilines is 2. The van der Waals surface area contributed by atoms with Crippen molar-refractivity contribution in [2.24, 2.45) is 0 Å². The van der Waals surface area contributed by atoms with Crippen molar-refractivity contribution in [2.45, 2.75) is 6.92 Å². The number of carboxylic acid groups (broad SMARTS) is 4. The first-order valence-corrected chi connectivity index (χ1v) is 7.60. The summed E-state index contributed by atoms with van der Waals surface area (Å²) in [7, 11) is 1.23. The van der Waals surface area contributed by atoms with Gasteiger partial charge in [0.05, 0.1) is 18.5 Å². The Morgan fingerprint density at radius 1 is 0.778 bits per heavy atom. The van der Waals surface area contributed by atoms with Gasteiger partial charge in [0.2, 0.25) is 0 Å². The van der Waals surface area contributed by atoms with Gasteiger partial charge in [-0.05, 0) is 24.6 Å². The number of carbonyl (C=O) groups is 4. The highest BCUT2D eigenvalue weighted by Gasteiger charge is 2.25. The third-order valence-electron chi connectivity index (χ3n) is 3.38. The summed E-state index contributed by atoms with van der Waals surface area (Å²) >= 11 is 0. The molecule has 0 saturated carbocycles. The van der Waals surface area contributed by atoms with E-state index in [0.29, 0.717) is 5.56 Å². The van der Waals surface area contributed by atoms with Gasteiger partial charge in [0.25, 0.3) is 0 Å². The zero-order valence-corrected chi connectivity index (χ0v) is 14.7. The van der Waals surface area contributed by atoms with Crippen molar-refractivity contribution in [3.63, 3.8) is 0 Å². The molecule has 0 unspecified atom stereocenters. The molecule has 27 heavy (non-hydrogen) atoms. The Morgan fingerprint density at radius 2 is 1.07 bits per heavy atom. The predicted molar refractivity (Wildman–Crippen MR) is 92.7 cm³/mol. The Morgan fingerprint density at radius 3 is 1.30 bits per heavy atom. The Balaban J connectivity index is 3.57. The average Bonchev–Trinajstić information content (AvgIpc) is 2.51. The van der Waals surface area contributed by atoms with Crippen molar-refractivity contribution < 1.29 is 44.3 Å². The largest absolute Gasteiger partial charge is 0.492 e. The fourth-order valence-electron chi connectivity index (χ4n) is 2.52. The zero-order valence-electron chi connectivity index (χ0n) is 14.7. The van der Waals surface area contributed by atoms with Crippen LogP contribution in [0.3, 0.4) is 0 Å². The predicted octanol–water partition coefficient (Wildman–Crippen LogP) is -0.0452. The highest BCUT2D eigenvalue weighted by atomic mass is 16.5. The SMILES string of the molecule is COc1c(N(CC(=O)O)CC(=O)O)cc(C)cc1N(CC(=O)O)CC(=O)O. The molecule has 0 radical (unpaired) electrons. The molecule has 148 valence electrons. The number of methoxy groups -OCH3 is 1. The minimum absolute atomic E-state index is 0.0226. The molecule has 0 fully saturated rings. The second-order valence-electron chi connectivity index (χ2n) is 5.62. The van der Waals surface area contributed by atoms with Crippen LogP contribution in [0.4, 0.5) is 11.4 Å². The van der Waals surface area contributed by atoms with Gasteiger partial charge < -0.3 is 35.0 Å². The van der Waals surface area contributed by atoms with Gasteiger partial charge in [-0.2, -0.15) is 0 Å². The van der Waals surface area contributed by atoms with Gasteiger partial charge in [-0.15, -0.1) is 0 Å². The van der Waals surface area contributed by atoms with E-state index in [1.165, 1.54) is 19.2 Å². The third kappa shape index (κ3) is 6.38. The van der Waals surface area contributed by atoms with Crippen LogP contribution in [-0.4, -0.2) is 77.6 Å². The van der Waals surface area contributed by atoms with Gasteiger partial charge in [-0.3, -0.25) is 19.2 Å². The van der Waals surface area contributed by atoms with E-state index in [4.69, 9.17) is 25.2 Å². The van der Waals surface area contributed by atoms with E-state index >= 15 is 0 Å². The van der Waals surface area contributed by atoms with Crippen molar-refractivity contribution in [1.82, 2.24) is 0 Å². The molecule has 0 amide bonds. The highest BCUT2D eigenvalue weighted by Crippen LogP contribution is 2.39. The maximum atomic E-state index is 11.1. The monoisotopic (exact) mass is 384 g/mol. The Kier molecular flexibility index (Phi) is 7.39. The molecule has 0 aliphatic heterocycles. The first kappa shape index (κ1) is 21.5. The second-order valence-corrected chi connectivity index (χ2v) is 5.62. The lowest BCUT2D eigenvalue weighted by Crippen LogP contribution is -2.37. The number of aryl methyl sites for hydroxylation is 1. The number of carboxylic acids is 4. The van der Waals surface area contributed by atoms with Crippen molar-refractivity contribution >= 4 is 35.3 Å². The normalized spacial score (nSPS) is 10.1. The van der Waals surface area contributed by atoms with Crippen LogP contribution in [-0.2, 0) is 19.2 Å². The summed E-state index contributed by atoms with van der Waals surface area (Å²) in [5, 5.41) is 36.3. The highest BCUT2D eigenvalue weighted by molar-refractivity contribution is 5.87. The minimum atomic E-state index is -1.28. The van der Waals surface area contributed by atoms with Crippen LogP contribution in [0.25, 0.3) is 0 Å². The maximum absolute atomic E-state index is 11.1. The number of benzene rings is 1. The Hall–Kier alpha value is -3.50. The Bertz CT molecular complexity index is 658. The first-order valence-electron chi connectivity index (χ1n) is 7.60. The number of hydrogen-bond donors (Lipinski definition) is 4. The van der Waals surface area contributed by atoms with E-state index in [2.05, 4.69) is 0 Å². The molecule has 11 nitrogen and oxygen atoms in total. The van der Waals surface area contributed by atoms with Crippen molar-refractivity contribution in [3.05, 3.63) is 17.7 Å². The van der Waals surface area contributed by atoms with E-state index in [-0.39, 0.29) is 17.1 Å². The molecule has 1 aromatic rings. The first-order chi connectivity index (χ1) is 12.5. The molecule has 11 heteroatoms. The van der Waals surface area contributed by atoms with Gasteiger partial charge in [-0.1, -0.05) is 0 Å². The minimum Gasteiger partial charge on any atom is -0.492 e. The molecule has 0 aliphatic carbocycles. The zero-order chi connectivity index (χ0) is 20.7. The van der Waals surface area contributed by atoms with Crippen molar-refractivity contribution in [2.75, 3.05) is 43.1 Å². The van der Waals surface area contributed by atoms with E-state index < -0.39 is 50.1 Å². The van der Waals surface area contributed by atoms with Crippen molar-refractivity contribution in [3.8, 4) is 5.75 Å². The summed E-state index contributed by atoms with van der Waals surface area (Å²) < 4.78 is 5.26. The molecule has 1 rings (SSSR count). The lowest BCUT2D eigenvalue weighted by molar-refractivity contribution is -0.138. The molecular weight excluding hydrogens is 364 g/mol. The summed E-state index contributed by atoms with van der Waals surface area (Å²) in [6.07, 6.45) is 0. The molecule has 0 atom stereocenters. The summed E-state index contributed by atoms with van der Waals surface area (Å²) in [6.45, 7) is -0.981. The van der Waals surface area contributed by atoms with Crippen LogP contribution in [0.1, 0.15) is 5.56 Å². The molecule has 0 heterocycles. The van der Waals surface area contributed by atoms with E-state index in [9.17, 15) is 19.2 Å². The standard InChI is InChI=1S/C16H20N2O9/c1-9-3-10(17(5-12(19)20)6-13(21)22)16(27-2)11(4-9)18(7-14(23)24)8-15(25)26/h3-4H,5-8H2,1-2H3,(H,19,20)(H,21,22)(H,23,24)(H,25,26). The number of ether oxygens (including phenoxy) is 1. The lowest BCUT2D eigenvalue weighted by Gasteiger charge is -2.29. The number of rotatable bonds is 11. The molecule has 0 aliphatic rings. The van der Waals surface area contributed by atoms with Gasteiger partial charge in [0.15, 0.2) is 5.75 Å².